The van der Waals surface area contributed by atoms with Gasteiger partial charge in [0.2, 0.25) is 10.0 Å². The minimum atomic E-state index is -3.61. The second kappa shape index (κ2) is 7.04. The lowest BCUT2D eigenvalue weighted by molar-refractivity contribution is 0.571. The van der Waals surface area contributed by atoms with Gasteiger partial charge in [-0.3, -0.25) is 5.10 Å². The lowest BCUT2D eigenvalue weighted by Crippen LogP contribution is -2.32. The molecule has 1 unspecified atom stereocenters. The molecule has 2 aromatic rings. The van der Waals surface area contributed by atoms with Crippen molar-refractivity contribution in [2.24, 2.45) is 5.73 Å². The van der Waals surface area contributed by atoms with E-state index in [1.54, 1.807) is 13.8 Å². The Labute approximate surface area is 130 Å². The van der Waals surface area contributed by atoms with E-state index in [0.717, 1.165) is 5.56 Å². The number of nitrogens with zero attached hydrogens (tertiary/aromatic N) is 1. The summed E-state index contributed by atoms with van der Waals surface area (Å²) in [5.74, 6) is 0. The largest absolute Gasteiger partial charge is 0.323 e. The van der Waals surface area contributed by atoms with Crippen molar-refractivity contribution in [2.45, 2.75) is 24.8 Å². The van der Waals surface area contributed by atoms with Crippen LogP contribution in [0.2, 0.25) is 0 Å². The Bertz CT molecular complexity index is 666. The van der Waals surface area contributed by atoms with Crippen molar-refractivity contribution in [2.75, 3.05) is 6.54 Å². The number of benzene rings is 1. The second-order valence-corrected chi connectivity index (χ2v) is 6.34. The van der Waals surface area contributed by atoms with E-state index in [1.807, 2.05) is 30.3 Å². The van der Waals surface area contributed by atoms with E-state index in [0.29, 0.717) is 11.4 Å². The van der Waals surface area contributed by atoms with Crippen LogP contribution in [-0.2, 0) is 10.0 Å². The molecule has 1 atom stereocenters. The summed E-state index contributed by atoms with van der Waals surface area (Å²) in [5.41, 5.74) is 7.83. The average molecular weight is 331 g/mol. The van der Waals surface area contributed by atoms with Gasteiger partial charge in [0.1, 0.15) is 4.90 Å². The summed E-state index contributed by atoms with van der Waals surface area (Å²) >= 11 is 0. The number of nitrogens with one attached hydrogen (secondary N) is 2. The van der Waals surface area contributed by atoms with Gasteiger partial charge in [-0.1, -0.05) is 30.3 Å². The van der Waals surface area contributed by atoms with E-state index in [2.05, 4.69) is 14.9 Å². The van der Waals surface area contributed by atoms with E-state index in [4.69, 9.17) is 5.73 Å². The minimum absolute atomic E-state index is 0. The number of aromatic amines is 1. The normalized spacial score (nSPS) is 12.7. The van der Waals surface area contributed by atoms with E-state index in [9.17, 15) is 8.42 Å². The SMILES string of the molecule is Cc1n[nH]c(C)c1S(=O)(=O)NCC(N)c1ccccc1.Cl. The third-order valence-corrected chi connectivity index (χ3v) is 4.74. The number of nitrogens with two attached hydrogens (primary N) is 1. The third-order valence-electron chi connectivity index (χ3n) is 3.05. The van der Waals surface area contributed by atoms with Crippen LogP contribution in [0.15, 0.2) is 35.2 Å². The van der Waals surface area contributed by atoms with Crippen molar-refractivity contribution >= 4 is 22.4 Å². The Kier molecular flexibility index (Phi) is 5.91. The Hall–Kier alpha value is -1.41. The van der Waals surface area contributed by atoms with Crippen LogP contribution < -0.4 is 10.5 Å². The number of rotatable bonds is 5. The number of aromatic nitrogens is 2. The summed E-state index contributed by atoms with van der Waals surface area (Å²) < 4.78 is 27.0. The lowest BCUT2D eigenvalue weighted by atomic mass is 10.1. The summed E-state index contributed by atoms with van der Waals surface area (Å²) in [6, 6.07) is 8.97. The summed E-state index contributed by atoms with van der Waals surface area (Å²) in [7, 11) is -3.61. The van der Waals surface area contributed by atoms with Crippen LogP contribution in [0.25, 0.3) is 0 Å². The maximum absolute atomic E-state index is 12.2. The van der Waals surface area contributed by atoms with E-state index < -0.39 is 16.1 Å². The fraction of sp³-hybridized carbons (Fsp3) is 0.308. The van der Waals surface area contributed by atoms with Gasteiger partial charge in [0, 0.05) is 12.6 Å². The molecule has 0 saturated heterocycles. The Balaban J connectivity index is 0.00000220. The van der Waals surface area contributed by atoms with Gasteiger partial charge >= 0.3 is 0 Å². The molecule has 8 heteroatoms. The summed E-state index contributed by atoms with van der Waals surface area (Å²) in [6.45, 7) is 3.46. The number of hydrogen-bond acceptors (Lipinski definition) is 4. The highest BCUT2D eigenvalue weighted by Crippen LogP contribution is 2.17. The van der Waals surface area contributed by atoms with Crippen LogP contribution in [0.3, 0.4) is 0 Å². The molecule has 0 aliphatic rings. The molecule has 0 radical (unpaired) electrons. The number of hydrogen-bond donors (Lipinski definition) is 3. The zero-order valence-electron chi connectivity index (χ0n) is 11.8. The maximum Gasteiger partial charge on any atom is 0.244 e. The van der Waals surface area contributed by atoms with Crippen molar-refractivity contribution < 1.29 is 8.42 Å². The third kappa shape index (κ3) is 4.04. The highest BCUT2D eigenvalue weighted by molar-refractivity contribution is 7.89. The molecule has 1 aromatic carbocycles. The van der Waals surface area contributed by atoms with Crippen molar-refractivity contribution in [3.05, 3.63) is 47.3 Å². The molecule has 6 nitrogen and oxygen atoms in total. The van der Waals surface area contributed by atoms with Crippen molar-refractivity contribution in [3.63, 3.8) is 0 Å². The smallest absolute Gasteiger partial charge is 0.244 e. The first kappa shape index (κ1) is 17.6. The Morgan fingerprint density at radius 3 is 2.43 bits per heavy atom. The molecule has 1 heterocycles. The summed E-state index contributed by atoms with van der Waals surface area (Å²) in [6.07, 6.45) is 0. The molecule has 1 aromatic heterocycles. The van der Waals surface area contributed by atoms with Gasteiger partial charge in [0.05, 0.1) is 11.4 Å². The first-order chi connectivity index (χ1) is 9.42. The summed E-state index contributed by atoms with van der Waals surface area (Å²) in [4.78, 5) is 0.192. The highest BCUT2D eigenvalue weighted by atomic mass is 35.5. The molecule has 0 amide bonds. The zero-order valence-corrected chi connectivity index (χ0v) is 13.5. The number of H-pyrrole nitrogens is 1. The standard InChI is InChI=1S/C13H18N4O2S.ClH/c1-9-13(10(2)17-16-9)20(18,19)15-8-12(14)11-6-4-3-5-7-11;/h3-7,12,15H,8,14H2,1-2H3,(H,16,17);1H. The van der Waals surface area contributed by atoms with E-state index in [1.165, 1.54) is 0 Å². The van der Waals surface area contributed by atoms with Gasteiger partial charge in [-0.05, 0) is 19.4 Å². The van der Waals surface area contributed by atoms with Crippen LogP contribution in [0, 0.1) is 13.8 Å². The molecule has 2 rings (SSSR count). The fourth-order valence-electron chi connectivity index (χ4n) is 2.03. The van der Waals surface area contributed by atoms with Gasteiger partial charge in [-0.25, -0.2) is 13.1 Å². The molecule has 0 saturated carbocycles. The predicted molar refractivity (Wildman–Crippen MR) is 83.9 cm³/mol. The molecule has 0 aliphatic carbocycles. The molecule has 116 valence electrons. The lowest BCUT2D eigenvalue weighted by Gasteiger charge is -2.13. The van der Waals surface area contributed by atoms with Crippen LogP contribution in [0.5, 0.6) is 0 Å². The first-order valence-electron chi connectivity index (χ1n) is 6.23. The number of halogens is 1. The zero-order chi connectivity index (χ0) is 14.8. The van der Waals surface area contributed by atoms with Crippen molar-refractivity contribution in [1.82, 2.24) is 14.9 Å². The Morgan fingerprint density at radius 2 is 1.90 bits per heavy atom. The van der Waals surface area contributed by atoms with Gasteiger partial charge < -0.3 is 5.73 Å². The average Bonchev–Trinajstić information content (AvgIpc) is 2.77. The highest BCUT2D eigenvalue weighted by Gasteiger charge is 2.22. The van der Waals surface area contributed by atoms with Crippen molar-refractivity contribution in [1.29, 1.82) is 0 Å². The second-order valence-electron chi connectivity index (χ2n) is 4.63. The van der Waals surface area contributed by atoms with Crippen LogP contribution in [0.1, 0.15) is 23.0 Å². The Morgan fingerprint density at radius 1 is 1.29 bits per heavy atom. The minimum Gasteiger partial charge on any atom is -0.323 e. The molecular formula is C13H19ClN4O2S. The van der Waals surface area contributed by atoms with Crippen LogP contribution in [-0.4, -0.2) is 25.2 Å². The summed E-state index contributed by atoms with van der Waals surface area (Å²) in [5, 5.41) is 6.55. The monoisotopic (exact) mass is 330 g/mol. The predicted octanol–water partition coefficient (Wildman–Crippen LogP) is 1.43. The van der Waals surface area contributed by atoms with E-state index in [-0.39, 0.29) is 23.8 Å². The first-order valence-corrected chi connectivity index (χ1v) is 7.72. The quantitative estimate of drug-likeness (QED) is 0.771. The maximum atomic E-state index is 12.2. The van der Waals surface area contributed by atoms with Gasteiger partial charge in [-0.2, -0.15) is 5.10 Å². The molecule has 0 aliphatic heterocycles. The molecule has 0 spiro atoms. The molecule has 0 fully saturated rings. The van der Waals surface area contributed by atoms with Gasteiger partial charge in [-0.15, -0.1) is 12.4 Å². The molecule has 4 N–H and O–H groups in total. The van der Waals surface area contributed by atoms with Crippen LogP contribution in [0.4, 0.5) is 0 Å². The topological polar surface area (TPSA) is 101 Å². The number of aryl methyl sites for hydroxylation is 2. The fourth-order valence-corrected chi connectivity index (χ4v) is 3.45. The van der Waals surface area contributed by atoms with Gasteiger partial charge in [0.25, 0.3) is 0 Å². The molecule has 0 bridgehead atoms. The van der Waals surface area contributed by atoms with E-state index >= 15 is 0 Å². The molecule has 21 heavy (non-hydrogen) atoms. The number of sulfonamides is 1. The van der Waals surface area contributed by atoms with Crippen molar-refractivity contribution in [3.8, 4) is 0 Å². The van der Waals surface area contributed by atoms with Crippen LogP contribution >= 0.6 is 12.4 Å². The molecular weight excluding hydrogens is 312 g/mol. The van der Waals surface area contributed by atoms with Gasteiger partial charge in [0.15, 0.2) is 0 Å².